The molecule has 1 aromatic heterocycles. The highest BCUT2D eigenvalue weighted by atomic mass is 19.4. The summed E-state index contributed by atoms with van der Waals surface area (Å²) >= 11 is 0. The minimum atomic E-state index is -4.48. The van der Waals surface area contributed by atoms with E-state index < -0.39 is 23.8 Å². The van der Waals surface area contributed by atoms with Gasteiger partial charge in [-0.15, -0.1) is 0 Å². The molecular formula is C15H13F3N2O2. The van der Waals surface area contributed by atoms with Crippen LogP contribution in [0.3, 0.4) is 0 Å². The molecule has 1 aromatic carbocycles. The maximum Gasteiger partial charge on any atom is 0.416 e. The van der Waals surface area contributed by atoms with Crippen LogP contribution in [0.2, 0.25) is 0 Å². The van der Waals surface area contributed by atoms with E-state index in [9.17, 15) is 23.1 Å². The average molecular weight is 310 g/mol. The van der Waals surface area contributed by atoms with E-state index in [1.807, 2.05) is 0 Å². The van der Waals surface area contributed by atoms with Gasteiger partial charge in [0.2, 0.25) is 0 Å². The number of halogens is 3. The third kappa shape index (κ3) is 4.05. The number of aromatic nitrogens is 1. The molecule has 2 aromatic rings. The Morgan fingerprint density at radius 1 is 1.27 bits per heavy atom. The van der Waals surface area contributed by atoms with Crippen LogP contribution in [0.25, 0.3) is 0 Å². The van der Waals surface area contributed by atoms with Crippen molar-refractivity contribution in [2.75, 3.05) is 6.54 Å². The molecule has 1 heterocycles. The van der Waals surface area contributed by atoms with Gasteiger partial charge in [-0.2, -0.15) is 13.2 Å². The number of nitrogens with one attached hydrogen (secondary N) is 1. The van der Waals surface area contributed by atoms with Gasteiger partial charge < -0.3 is 10.4 Å². The predicted octanol–water partition coefficient (Wildman–Crippen LogP) is 2.56. The number of amides is 1. The molecule has 116 valence electrons. The Labute approximate surface area is 124 Å². The van der Waals surface area contributed by atoms with Crippen LogP contribution in [-0.4, -0.2) is 22.5 Å². The number of aliphatic hydroxyl groups excluding tert-OH is 1. The highest BCUT2D eigenvalue weighted by Crippen LogP contribution is 2.30. The first-order valence-corrected chi connectivity index (χ1v) is 6.41. The van der Waals surface area contributed by atoms with Crippen molar-refractivity contribution in [2.24, 2.45) is 0 Å². The number of nitrogens with zero attached hydrogens (tertiary/aromatic N) is 1. The fourth-order valence-electron chi connectivity index (χ4n) is 1.83. The summed E-state index contributed by atoms with van der Waals surface area (Å²) in [6, 6.07) is 7.49. The van der Waals surface area contributed by atoms with Crippen LogP contribution >= 0.6 is 0 Å². The van der Waals surface area contributed by atoms with Gasteiger partial charge in [0.1, 0.15) is 0 Å². The predicted molar refractivity (Wildman–Crippen MR) is 73.0 cm³/mol. The first kappa shape index (κ1) is 16.0. The molecule has 7 heteroatoms. The molecule has 0 aliphatic rings. The molecule has 2 rings (SSSR count). The van der Waals surface area contributed by atoms with E-state index in [1.54, 1.807) is 12.1 Å². The minimum absolute atomic E-state index is 0.0845. The maximum atomic E-state index is 12.6. The van der Waals surface area contributed by atoms with E-state index in [-0.39, 0.29) is 12.1 Å². The zero-order valence-electron chi connectivity index (χ0n) is 11.3. The lowest BCUT2D eigenvalue weighted by Crippen LogP contribution is -2.28. The second kappa shape index (κ2) is 6.57. The Morgan fingerprint density at radius 3 is 2.68 bits per heavy atom. The van der Waals surface area contributed by atoms with Crippen molar-refractivity contribution in [2.45, 2.75) is 12.3 Å². The number of alkyl halides is 3. The highest BCUT2D eigenvalue weighted by molar-refractivity contribution is 5.93. The van der Waals surface area contributed by atoms with Crippen molar-refractivity contribution in [3.05, 3.63) is 65.5 Å². The lowest BCUT2D eigenvalue weighted by Gasteiger charge is -2.14. The van der Waals surface area contributed by atoms with Crippen molar-refractivity contribution in [3.8, 4) is 0 Å². The van der Waals surface area contributed by atoms with Gasteiger partial charge in [-0.25, -0.2) is 0 Å². The summed E-state index contributed by atoms with van der Waals surface area (Å²) < 4.78 is 37.8. The largest absolute Gasteiger partial charge is 0.416 e. The SMILES string of the molecule is O=C(NCC(O)c1cccc(C(F)(F)F)c1)c1cccnc1. The topological polar surface area (TPSA) is 62.2 Å². The number of carbonyl (C=O) groups excluding carboxylic acids is 1. The molecule has 0 saturated carbocycles. The molecule has 1 amide bonds. The summed E-state index contributed by atoms with van der Waals surface area (Å²) in [6.07, 6.45) is -2.85. The van der Waals surface area contributed by atoms with Gasteiger partial charge in [0.25, 0.3) is 5.91 Å². The molecule has 0 radical (unpaired) electrons. The number of hydrogen-bond donors (Lipinski definition) is 2. The van der Waals surface area contributed by atoms with Crippen molar-refractivity contribution in [1.82, 2.24) is 10.3 Å². The van der Waals surface area contributed by atoms with Crippen LogP contribution in [0.15, 0.2) is 48.8 Å². The molecule has 2 N–H and O–H groups in total. The van der Waals surface area contributed by atoms with Crippen LogP contribution < -0.4 is 5.32 Å². The number of benzene rings is 1. The number of pyridine rings is 1. The molecule has 0 saturated heterocycles. The number of hydrogen-bond acceptors (Lipinski definition) is 3. The fraction of sp³-hybridized carbons (Fsp3) is 0.200. The van der Waals surface area contributed by atoms with E-state index in [1.165, 1.54) is 24.5 Å². The van der Waals surface area contributed by atoms with Gasteiger partial charge >= 0.3 is 6.18 Å². The Hall–Kier alpha value is -2.41. The number of carbonyl (C=O) groups is 1. The first-order chi connectivity index (χ1) is 10.4. The van der Waals surface area contributed by atoms with Crippen LogP contribution in [0, 0.1) is 0 Å². The smallest absolute Gasteiger partial charge is 0.387 e. The minimum Gasteiger partial charge on any atom is -0.387 e. The van der Waals surface area contributed by atoms with Gasteiger partial charge in [-0.1, -0.05) is 12.1 Å². The highest BCUT2D eigenvalue weighted by Gasteiger charge is 2.30. The molecule has 1 atom stereocenters. The first-order valence-electron chi connectivity index (χ1n) is 6.41. The molecule has 22 heavy (non-hydrogen) atoms. The molecular weight excluding hydrogens is 297 g/mol. The Kier molecular flexibility index (Phi) is 4.77. The zero-order valence-corrected chi connectivity index (χ0v) is 11.3. The van der Waals surface area contributed by atoms with Gasteiger partial charge in [0, 0.05) is 18.9 Å². The second-order valence-electron chi connectivity index (χ2n) is 4.59. The molecule has 0 bridgehead atoms. The summed E-state index contributed by atoms with van der Waals surface area (Å²) in [5.74, 6) is -0.459. The Bertz CT molecular complexity index is 645. The fourth-order valence-corrected chi connectivity index (χ4v) is 1.83. The lowest BCUT2D eigenvalue weighted by molar-refractivity contribution is -0.137. The molecule has 0 aliphatic carbocycles. The van der Waals surface area contributed by atoms with E-state index in [0.717, 1.165) is 12.1 Å². The molecule has 1 unspecified atom stereocenters. The van der Waals surface area contributed by atoms with Crippen LogP contribution in [0.4, 0.5) is 13.2 Å². The van der Waals surface area contributed by atoms with Crippen molar-refractivity contribution < 1.29 is 23.1 Å². The van der Waals surface area contributed by atoms with Crippen molar-refractivity contribution in [3.63, 3.8) is 0 Å². The van der Waals surface area contributed by atoms with E-state index in [4.69, 9.17) is 0 Å². The second-order valence-corrected chi connectivity index (χ2v) is 4.59. The Morgan fingerprint density at radius 2 is 2.05 bits per heavy atom. The quantitative estimate of drug-likeness (QED) is 0.912. The van der Waals surface area contributed by atoms with Crippen molar-refractivity contribution >= 4 is 5.91 Å². The van der Waals surface area contributed by atoms with Crippen LogP contribution in [-0.2, 0) is 6.18 Å². The van der Waals surface area contributed by atoms with E-state index in [0.29, 0.717) is 5.56 Å². The Balaban J connectivity index is 2.01. The lowest BCUT2D eigenvalue weighted by atomic mass is 10.1. The van der Waals surface area contributed by atoms with Gasteiger partial charge in [0.05, 0.1) is 17.2 Å². The summed E-state index contributed by atoms with van der Waals surface area (Å²) in [5.41, 5.74) is -0.456. The van der Waals surface area contributed by atoms with E-state index >= 15 is 0 Å². The molecule has 0 spiro atoms. The normalized spacial score (nSPS) is 12.7. The molecule has 0 aliphatic heterocycles. The van der Waals surface area contributed by atoms with Crippen molar-refractivity contribution in [1.29, 1.82) is 0 Å². The summed E-state index contributed by atoms with van der Waals surface area (Å²) in [6.45, 7) is -0.199. The standard InChI is InChI=1S/C15H13F3N2O2/c16-15(17,18)12-5-1-3-10(7-12)13(21)9-20-14(22)11-4-2-6-19-8-11/h1-8,13,21H,9H2,(H,20,22). The van der Waals surface area contributed by atoms with Crippen LogP contribution in [0.1, 0.15) is 27.6 Å². The third-order valence-corrected chi connectivity index (χ3v) is 2.98. The summed E-state index contributed by atoms with van der Waals surface area (Å²) in [5, 5.41) is 12.4. The number of aliphatic hydroxyl groups is 1. The number of rotatable bonds is 4. The summed E-state index contributed by atoms with van der Waals surface area (Å²) in [7, 11) is 0. The average Bonchev–Trinajstić information content (AvgIpc) is 2.52. The third-order valence-electron chi connectivity index (χ3n) is 2.98. The van der Waals surface area contributed by atoms with E-state index in [2.05, 4.69) is 10.3 Å². The monoisotopic (exact) mass is 310 g/mol. The molecule has 4 nitrogen and oxygen atoms in total. The van der Waals surface area contributed by atoms with Gasteiger partial charge in [-0.05, 0) is 29.8 Å². The zero-order chi connectivity index (χ0) is 16.2. The maximum absolute atomic E-state index is 12.6. The van der Waals surface area contributed by atoms with Crippen LogP contribution in [0.5, 0.6) is 0 Å². The molecule has 0 fully saturated rings. The summed E-state index contributed by atoms with van der Waals surface area (Å²) in [4.78, 5) is 15.5. The van der Waals surface area contributed by atoms with Gasteiger partial charge in [-0.3, -0.25) is 9.78 Å². The van der Waals surface area contributed by atoms with Gasteiger partial charge in [0.15, 0.2) is 0 Å².